The molecule has 0 radical (unpaired) electrons. The van der Waals surface area contributed by atoms with Gasteiger partial charge in [-0.25, -0.2) is 0 Å². The van der Waals surface area contributed by atoms with Gasteiger partial charge >= 0.3 is 0 Å². The number of aryl methyl sites for hydroxylation is 2. The summed E-state index contributed by atoms with van der Waals surface area (Å²) in [6, 6.07) is 5.65. The van der Waals surface area contributed by atoms with Gasteiger partial charge in [-0.3, -0.25) is 4.79 Å². The van der Waals surface area contributed by atoms with Gasteiger partial charge in [-0.15, -0.1) is 0 Å². The van der Waals surface area contributed by atoms with E-state index in [1.54, 1.807) is 0 Å². The molecule has 1 aromatic rings. The molecule has 0 atom stereocenters. The number of anilines is 1. The lowest BCUT2D eigenvalue weighted by Crippen LogP contribution is -2.24. The van der Waals surface area contributed by atoms with Crippen LogP contribution in [0.4, 0.5) is 5.69 Å². The lowest BCUT2D eigenvalue weighted by Gasteiger charge is -2.09. The summed E-state index contributed by atoms with van der Waals surface area (Å²) in [5, 5.41) is 12.8. The number of carboxylic acids is 1. The van der Waals surface area contributed by atoms with E-state index in [-0.39, 0.29) is 18.7 Å². The number of aliphatic carboxylic acids is 1. The SMILES string of the molecule is Cc1ccc(NC(=O)CCC(=O)[O-])c(C)c1. The molecule has 1 N–H and O–H groups in total. The molecule has 0 bridgehead atoms. The van der Waals surface area contributed by atoms with Crippen LogP contribution in [0.2, 0.25) is 0 Å². The molecule has 86 valence electrons. The third-order valence-corrected chi connectivity index (χ3v) is 2.21. The Bertz CT molecular complexity index is 413. The van der Waals surface area contributed by atoms with Gasteiger partial charge in [0.25, 0.3) is 0 Å². The molecule has 0 heterocycles. The Balaban J connectivity index is 2.59. The van der Waals surface area contributed by atoms with E-state index in [9.17, 15) is 14.7 Å². The zero-order valence-electron chi connectivity index (χ0n) is 9.37. The van der Waals surface area contributed by atoms with Crippen molar-refractivity contribution in [1.82, 2.24) is 0 Å². The van der Waals surface area contributed by atoms with Crippen molar-refractivity contribution in [3.8, 4) is 0 Å². The number of benzene rings is 1. The molecule has 1 rings (SSSR count). The summed E-state index contributed by atoms with van der Waals surface area (Å²) in [5.74, 6) is -1.52. The van der Waals surface area contributed by atoms with Gasteiger partial charge in [-0.05, 0) is 31.9 Å². The van der Waals surface area contributed by atoms with Crippen molar-refractivity contribution in [2.45, 2.75) is 26.7 Å². The van der Waals surface area contributed by atoms with Crippen LogP contribution in [0.15, 0.2) is 18.2 Å². The van der Waals surface area contributed by atoms with Crippen molar-refractivity contribution in [3.63, 3.8) is 0 Å². The first-order valence-electron chi connectivity index (χ1n) is 5.06. The number of hydrogen-bond donors (Lipinski definition) is 1. The van der Waals surface area contributed by atoms with E-state index < -0.39 is 5.97 Å². The van der Waals surface area contributed by atoms with Crippen molar-refractivity contribution in [2.75, 3.05) is 5.32 Å². The number of carbonyl (C=O) groups is 2. The van der Waals surface area contributed by atoms with Crippen LogP contribution in [0.5, 0.6) is 0 Å². The van der Waals surface area contributed by atoms with Crippen LogP contribution in [0.3, 0.4) is 0 Å². The van der Waals surface area contributed by atoms with Crippen molar-refractivity contribution >= 4 is 17.6 Å². The quantitative estimate of drug-likeness (QED) is 0.814. The number of amides is 1. The molecule has 0 aliphatic rings. The summed E-state index contributed by atoms with van der Waals surface area (Å²) < 4.78 is 0. The first kappa shape index (κ1) is 12.2. The maximum atomic E-state index is 11.4. The Hall–Kier alpha value is -1.84. The van der Waals surface area contributed by atoms with Crippen LogP contribution in [0.1, 0.15) is 24.0 Å². The van der Waals surface area contributed by atoms with Crippen LogP contribution in [-0.4, -0.2) is 11.9 Å². The second-order valence-corrected chi connectivity index (χ2v) is 3.74. The highest BCUT2D eigenvalue weighted by Gasteiger charge is 2.04. The van der Waals surface area contributed by atoms with Crippen molar-refractivity contribution in [1.29, 1.82) is 0 Å². The molecule has 0 saturated carbocycles. The molecule has 0 fully saturated rings. The van der Waals surface area contributed by atoms with Gasteiger partial charge in [0.05, 0.1) is 0 Å². The fourth-order valence-corrected chi connectivity index (χ4v) is 1.38. The predicted molar refractivity (Wildman–Crippen MR) is 58.8 cm³/mol. The zero-order chi connectivity index (χ0) is 12.1. The van der Waals surface area contributed by atoms with E-state index in [4.69, 9.17) is 0 Å². The van der Waals surface area contributed by atoms with Crippen LogP contribution >= 0.6 is 0 Å². The molecule has 0 aliphatic heterocycles. The predicted octanol–water partition coefficient (Wildman–Crippen LogP) is 0.772. The van der Waals surface area contributed by atoms with Crippen LogP contribution in [0, 0.1) is 13.8 Å². The molecule has 0 saturated heterocycles. The van der Waals surface area contributed by atoms with Gasteiger partial charge < -0.3 is 15.2 Å². The van der Waals surface area contributed by atoms with Gasteiger partial charge in [0.2, 0.25) is 5.91 Å². The standard InChI is InChI=1S/C12H15NO3/c1-8-3-4-10(9(2)7-8)13-11(14)5-6-12(15)16/h3-4,7H,5-6H2,1-2H3,(H,13,14)(H,15,16)/p-1. The monoisotopic (exact) mass is 220 g/mol. The third kappa shape index (κ3) is 3.73. The molecule has 4 nitrogen and oxygen atoms in total. The lowest BCUT2D eigenvalue weighted by atomic mass is 10.1. The lowest BCUT2D eigenvalue weighted by molar-refractivity contribution is -0.305. The summed E-state index contributed by atoms with van der Waals surface area (Å²) in [4.78, 5) is 21.5. The van der Waals surface area contributed by atoms with Crippen molar-refractivity contribution in [3.05, 3.63) is 29.3 Å². The van der Waals surface area contributed by atoms with E-state index in [1.807, 2.05) is 32.0 Å². The van der Waals surface area contributed by atoms with Crippen LogP contribution < -0.4 is 10.4 Å². The fourth-order valence-electron chi connectivity index (χ4n) is 1.38. The molecule has 0 aromatic heterocycles. The van der Waals surface area contributed by atoms with E-state index in [2.05, 4.69) is 5.32 Å². The number of carbonyl (C=O) groups excluding carboxylic acids is 2. The highest BCUT2D eigenvalue weighted by molar-refractivity contribution is 5.92. The minimum atomic E-state index is -1.21. The van der Waals surface area contributed by atoms with Gasteiger partial charge in [0.15, 0.2) is 0 Å². The Morgan fingerprint density at radius 3 is 2.50 bits per heavy atom. The zero-order valence-corrected chi connectivity index (χ0v) is 9.37. The van der Waals surface area contributed by atoms with E-state index >= 15 is 0 Å². The molecular formula is C12H14NO3-. The number of nitrogens with one attached hydrogen (secondary N) is 1. The first-order valence-corrected chi connectivity index (χ1v) is 5.06. The summed E-state index contributed by atoms with van der Waals surface area (Å²) in [6.45, 7) is 3.86. The number of hydrogen-bond acceptors (Lipinski definition) is 3. The smallest absolute Gasteiger partial charge is 0.224 e. The van der Waals surface area contributed by atoms with Gasteiger partial charge in [0, 0.05) is 18.1 Å². The topological polar surface area (TPSA) is 69.2 Å². The summed E-state index contributed by atoms with van der Waals surface area (Å²) in [5.41, 5.74) is 2.79. The highest BCUT2D eigenvalue weighted by Crippen LogP contribution is 2.16. The normalized spacial score (nSPS) is 9.88. The molecule has 1 aromatic carbocycles. The van der Waals surface area contributed by atoms with Crippen LogP contribution in [-0.2, 0) is 9.59 Å². The minimum Gasteiger partial charge on any atom is -0.550 e. The molecule has 4 heteroatoms. The van der Waals surface area contributed by atoms with Crippen molar-refractivity contribution < 1.29 is 14.7 Å². The third-order valence-electron chi connectivity index (χ3n) is 2.21. The van der Waals surface area contributed by atoms with E-state index in [0.29, 0.717) is 5.69 Å². The minimum absolute atomic E-state index is 0.0599. The molecule has 0 aliphatic carbocycles. The number of rotatable bonds is 4. The highest BCUT2D eigenvalue weighted by atomic mass is 16.4. The Morgan fingerprint density at radius 2 is 1.94 bits per heavy atom. The molecule has 1 amide bonds. The number of carboxylic acid groups (broad SMARTS) is 1. The second kappa shape index (κ2) is 5.30. The van der Waals surface area contributed by atoms with Gasteiger partial charge in [-0.2, -0.15) is 0 Å². The maximum absolute atomic E-state index is 11.4. The Morgan fingerprint density at radius 1 is 1.25 bits per heavy atom. The van der Waals surface area contributed by atoms with Gasteiger partial charge in [-0.1, -0.05) is 17.7 Å². The first-order chi connectivity index (χ1) is 7.49. The Kier molecular flexibility index (Phi) is 4.05. The molecular weight excluding hydrogens is 206 g/mol. The van der Waals surface area contributed by atoms with Crippen molar-refractivity contribution in [2.24, 2.45) is 0 Å². The molecule has 16 heavy (non-hydrogen) atoms. The van der Waals surface area contributed by atoms with E-state index in [0.717, 1.165) is 11.1 Å². The molecule has 0 spiro atoms. The van der Waals surface area contributed by atoms with E-state index in [1.165, 1.54) is 0 Å². The second-order valence-electron chi connectivity index (χ2n) is 3.74. The summed E-state index contributed by atoms with van der Waals surface area (Å²) in [6.07, 6.45) is -0.313. The largest absolute Gasteiger partial charge is 0.550 e. The fraction of sp³-hybridized carbons (Fsp3) is 0.333. The average Bonchev–Trinajstić information content (AvgIpc) is 2.19. The summed E-state index contributed by atoms with van der Waals surface area (Å²) >= 11 is 0. The summed E-state index contributed by atoms with van der Waals surface area (Å²) in [7, 11) is 0. The average molecular weight is 220 g/mol. The molecule has 0 unspecified atom stereocenters. The Labute approximate surface area is 94.3 Å². The van der Waals surface area contributed by atoms with Crippen LogP contribution in [0.25, 0.3) is 0 Å². The maximum Gasteiger partial charge on any atom is 0.224 e. The van der Waals surface area contributed by atoms with Gasteiger partial charge in [0.1, 0.15) is 0 Å².